The molecule has 2 bridgehead atoms. The molecule has 120 valence electrons. The highest BCUT2D eigenvalue weighted by molar-refractivity contribution is 5.69. The van der Waals surface area contributed by atoms with E-state index in [1.807, 2.05) is 37.3 Å². The summed E-state index contributed by atoms with van der Waals surface area (Å²) in [6.45, 7) is 3.23. The maximum atomic E-state index is 12.4. The maximum Gasteiger partial charge on any atom is 0.410 e. The molecule has 2 aliphatic rings. The van der Waals surface area contributed by atoms with Crippen molar-refractivity contribution < 1.29 is 23.7 Å². The molecule has 0 N–H and O–H groups in total. The van der Waals surface area contributed by atoms with Gasteiger partial charge in [-0.2, -0.15) is 0 Å². The smallest absolute Gasteiger partial charge is 0.410 e. The van der Waals surface area contributed by atoms with E-state index in [0.29, 0.717) is 13.2 Å². The minimum absolute atomic E-state index is 0.153. The van der Waals surface area contributed by atoms with E-state index >= 15 is 0 Å². The van der Waals surface area contributed by atoms with Gasteiger partial charge in [0, 0.05) is 13.7 Å². The molecule has 1 unspecified atom stereocenters. The number of ether oxygens (including phenoxy) is 4. The Morgan fingerprint density at radius 1 is 1.36 bits per heavy atom. The third-order valence-electron chi connectivity index (χ3n) is 4.06. The quantitative estimate of drug-likeness (QED) is 0.830. The molecule has 3 rings (SSSR count). The molecule has 0 spiro atoms. The van der Waals surface area contributed by atoms with Crippen molar-refractivity contribution in [2.45, 2.75) is 38.1 Å². The molecular weight excluding hydrogens is 286 g/mol. The van der Waals surface area contributed by atoms with Crippen LogP contribution in [0.15, 0.2) is 30.3 Å². The van der Waals surface area contributed by atoms with Gasteiger partial charge in [0.25, 0.3) is 0 Å². The number of carbonyl (C=O) groups excluding carboxylic acids is 1. The summed E-state index contributed by atoms with van der Waals surface area (Å²) >= 11 is 0. The van der Waals surface area contributed by atoms with Crippen molar-refractivity contribution in [3.8, 4) is 0 Å². The van der Waals surface area contributed by atoms with E-state index in [2.05, 4.69) is 0 Å². The van der Waals surface area contributed by atoms with E-state index < -0.39 is 6.29 Å². The number of hydrogen-bond donors (Lipinski definition) is 0. The minimum Gasteiger partial charge on any atom is -0.445 e. The van der Waals surface area contributed by atoms with Gasteiger partial charge >= 0.3 is 6.09 Å². The molecule has 2 saturated heterocycles. The number of methoxy groups -OCH3 is 1. The van der Waals surface area contributed by atoms with E-state index in [1.165, 1.54) is 0 Å². The Morgan fingerprint density at radius 2 is 2.14 bits per heavy atom. The zero-order chi connectivity index (χ0) is 15.5. The lowest BCUT2D eigenvalue weighted by atomic mass is 10.2. The fraction of sp³-hybridized carbons (Fsp3) is 0.562. The average Bonchev–Trinajstić information content (AvgIpc) is 3.08. The number of amides is 1. The Balaban J connectivity index is 1.63. The van der Waals surface area contributed by atoms with Crippen LogP contribution >= 0.6 is 0 Å². The minimum atomic E-state index is -0.459. The maximum absolute atomic E-state index is 12.4. The predicted octanol–water partition coefficient (Wildman–Crippen LogP) is 1.78. The van der Waals surface area contributed by atoms with Gasteiger partial charge in [0.15, 0.2) is 6.29 Å². The molecule has 2 aliphatic heterocycles. The van der Waals surface area contributed by atoms with Crippen molar-refractivity contribution in [1.29, 1.82) is 0 Å². The average molecular weight is 307 g/mol. The van der Waals surface area contributed by atoms with Crippen molar-refractivity contribution in [2.75, 3.05) is 20.3 Å². The van der Waals surface area contributed by atoms with Crippen LogP contribution in [-0.4, -0.2) is 55.8 Å². The summed E-state index contributed by atoms with van der Waals surface area (Å²) in [7, 11) is 1.57. The van der Waals surface area contributed by atoms with Crippen LogP contribution in [0.25, 0.3) is 0 Å². The standard InChI is InChI=1S/C16H21NO5/c1-3-20-14-12-9-17(13(14)15(19-2)22-12)16(18)21-10-11-7-5-4-6-8-11/h4-8,12-15H,3,9-10H2,1-2H3/t12-,13+,14+,15?/m1/s1. The first kappa shape index (κ1) is 15.3. The second-order valence-corrected chi connectivity index (χ2v) is 5.38. The van der Waals surface area contributed by atoms with Gasteiger partial charge in [0.2, 0.25) is 0 Å². The number of rotatable bonds is 5. The van der Waals surface area contributed by atoms with Crippen molar-refractivity contribution in [2.24, 2.45) is 0 Å². The van der Waals surface area contributed by atoms with Crippen molar-refractivity contribution in [3.05, 3.63) is 35.9 Å². The Hall–Kier alpha value is -1.63. The first-order chi connectivity index (χ1) is 10.7. The summed E-state index contributed by atoms with van der Waals surface area (Å²) in [5.74, 6) is 0. The summed E-state index contributed by atoms with van der Waals surface area (Å²) in [5, 5.41) is 0. The number of likely N-dealkylation sites (tertiary alicyclic amines) is 1. The van der Waals surface area contributed by atoms with Gasteiger partial charge in [0.05, 0.1) is 6.54 Å². The van der Waals surface area contributed by atoms with Gasteiger partial charge in [-0.25, -0.2) is 4.79 Å². The van der Waals surface area contributed by atoms with Crippen LogP contribution in [0.5, 0.6) is 0 Å². The zero-order valence-corrected chi connectivity index (χ0v) is 12.8. The summed E-state index contributed by atoms with van der Waals surface area (Å²) in [6.07, 6.45) is -1.12. The lowest BCUT2D eigenvalue weighted by Gasteiger charge is -2.31. The van der Waals surface area contributed by atoms with Crippen LogP contribution in [0.1, 0.15) is 12.5 Å². The van der Waals surface area contributed by atoms with Crippen LogP contribution < -0.4 is 0 Å². The molecule has 0 radical (unpaired) electrons. The van der Waals surface area contributed by atoms with Gasteiger partial charge in [-0.1, -0.05) is 30.3 Å². The van der Waals surface area contributed by atoms with E-state index in [9.17, 15) is 4.79 Å². The lowest BCUT2D eigenvalue weighted by Crippen LogP contribution is -2.48. The highest BCUT2D eigenvalue weighted by Gasteiger charge is 2.57. The molecule has 4 atom stereocenters. The molecule has 0 saturated carbocycles. The molecular formula is C16H21NO5. The Kier molecular flexibility index (Phi) is 4.61. The molecule has 6 heteroatoms. The molecule has 6 nitrogen and oxygen atoms in total. The predicted molar refractivity (Wildman–Crippen MR) is 78.2 cm³/mol. The largest absolute Gasteiger partial charge is 0.445 e. The number of hydrogen-bond acceptors (Lipinski definition) is 5. The van der Waals surface area contributed by atoms with Crippen LogP contribution in [0.4, 0.5) is 4.79 Å². The monoisotopic (exact) mass is 307 g/mol. The third-order valence-corrected chi connectivity index (χ3v) is 4.06. The topological polar surface area (TPSA) is 57.2 Å². The second kappa shape index (κ2) is 6.64. The number of benzene rings is 1. The number of fused-ring (bicyclic) bond motifs is 2. The molecule has 1 amide bonds. The Bertz CT molecular complexity index is 509. The summed E-state index contributed by atoms with van der Waals surface area (Å²) in [6, 6.07) is 9.36. The van der Waals surface area contributed by atoms with Crippen LogP contribution in [0.2, 0.25) is 0 Å². The third kappa shape index (κ3) is 2.82. The van der Waals surface area contributed by atoms with Crippen LogP contribution in [0, 0.1) is 0 Å². The molecule has 1 aromatic rings. The highest BCUT2D eigenvalue weighted by Crippen LogP contribution is 2.36. The molecule has 0 aromatic heterocycles. The fourth-order valence-electron chi connectivity index (χ4n) is 3.08. The van der Waals surface area contributed by atoms with Crippen molar-refractivity contribution >= 4 is 6.09 Å². The number of nitrogens with zero attached hydrogens (tertiary/aromatic N) is 1. The second-order valence-electron chi connectivity index (χ2n) is 5.38. The van der Waals surface area contributed by atoms with Crippen molar-refractivity contribution in [3.63, 3.8) is 0 Å². The van der Waals surface area contributed by atoms with E-state index in [1.54, 1.807) is 12.0 Å². The van der Waals surface area contributed by atoms with Gasteiger partial charge in [-0.3, -0.25) is 4.90 Å². The molecule has 2 heterocycles. The molecule has 0 aliphatic carbocycles. The SMILES string of the molecule is CCO[C@@H]1[C@H]2C(OC)O[C@@H]1CN2C(=O)OCc1ccccc1. The van der Waals surface area contributed by atoms with Gasteiger partial charge < -0.3 is 18.9 Å². The van der Waals surface area contributed by atoms with Crippen molar-refractivity contribution in [1.82, 2.24) is 4.90 Å². The van der Waals surface area contributed by atoms with E-state index in [4.69, 9.17) is 18.9 Å². The normalized spacial score (nSPS) is 29.8. The highest BCUT2D eigenvalue weighted by atomic mass is 16.7. The zero-order valence-electron chi connectivity index (χ0n) is 12.8. The lowest BCUT2D eigenvalue weighted by molar-refractivity contribution is -0.162. The molecule has 22 heavy (non-hydrogen) atoms. The van der Waals surface area contributed by atoms with Crippen LogP contribution in [0.3, 0.4) is 0 Å². The number of morpholine rings is 1. The van der Waals surface area contributed by atoms with E-state index in [0.717, 1.165) is 5.56 Å². The summed E-state index contributed by atoms with van der Waals surface area (Å²) in [5.41, 5.74) is 0.959. The Morgan fingerprint density at radius 3 is 2.82 bits per heavy atom. The summed E-state index contributed by atoms with van der Waals surface area (Å²) < 4.78 is 22.1. The molecule has 1 aromatic carbocycles. The summed E-state index contributed by atoms with van der Waals surface area (Å²) in [4.78, 5) is 14.0. The first-order valence-electron chi connectivity index (χ1n) is 7.51. The first-order valence-corrected chi connectivity index (χ1v) is 7.51. The molecule has 2 fully saturated rings. The van der Waals surface area contributed by atoms with Gasteiger partial charge in [0.1, 0.15) is 24.9 Å². The Labute approximate surface area is 129 Å². The van der Waals surface area contributed by atoms with E-state index in [-0.39, 0.29) is 30.9 Å². The van der Waals surface area contributed by atoms with Gasteiger partial charge in [-0.05, 0) is 12.5 Å². The fourth-order valence-corrected chi connectivity index (χ4v) is 3.08. The van der Waals surface area contributed by atoms with Crippen LogP contribution in [-0.2, 0) is 25.6 Å². The van der Waals surface area contributed by atoms with Gasteiger partial charge in [-0.15, -0.1) is 0 Å². The number of carbonyl (C=O) groups is 1.